The molecule has 1 unspecified atom stereocenters. The van der Waals surface area contributed by atoms with Crippen LogP contribution in [0.3, 0.4) is 0 Å². The van der Waals surface area contributed by atoms with Crippen LogP contribution in [0, 0.1) is 0 Å². The molecule has 2 N–H and O–H groups in total. The predicted octanol–water partition coefficient (Wildman–Crippen LogP) is 3.09. The maximum atomic E-state index is 11.8. The normalized spacial score (nSPS) is 11.6. The summed E-state index contributed by atoms with van der Waals surface area (Å²) < 4.78 is 10.1. The Labute approximate surface area is 143 Å². The Kier molecular flexibility index (Phi) is 10.3. The highest BCUT2D eigenvalue weighted by atomic mass is 16.7. The average molecular weight is 336 g/mol. The standard InChI is InChI=1S/C18H28N2O4/c1-3-12-19-13-8-5-9-14-20-18(22)24-15(2)23-17(21)16-10-6-4-7-11-16/h4,6-7,10-11,15,19H,3,5,8-9,12-14H2,1-2H3,(H,20,22). The number of benzene rings is 1. The van der Waals surface area contributed by atoms with Crippen LogP contribution in [0.25, 0.3) is 0 Å². The van der Waals surface area contributed by atoms with Gasteiger partial charge in [-0.3, -0.25) is 0 Å². The van der Waals surface area contributed by atoms with Crippen LogP contribution in [0.1, 0.15) is 49.9 Å². The van der Waals surface area contributed by atoms with Crippen molar-refractivity contribution in [1.82, 2.24) is 10.6 Å². The molecule has 0 bridgehead atoms. The van der Waals surface area contributed by atoms with E-state index < -0.39 is 18.4 Å². The van der Waals surface area contributed by atoms with E-state index >= 15 is 0 Å². The zero-order valence-electron chi connectivity index (χ0n) is 14.5. The lowest BCUT2D eigenvalue weighted by Gasteiger charge is -2.14. The SMILES string of the molecule is CCCNCCCCCNC(=O)OC(C)OC(=O)c1ccccc1. The van der Waals surface area contributed by atoms with Crippen molar-refractivity contribution >= 4 is 12.1 Å². The Bertz CT molecular complexity index is 479. The van der Waals surface area contributed by atoms with Crippen molar-refractivity contribution in [3.05, 3.63) is 35.9 Å². The van der Waals surface area contributed by atoms with Gasteiger partial charge < -0.3 is 20.1 Å². The Hall–Kier alpha value is -2.08. The van der Waals surface area contributed by atoms with Crippen LogP contribution < -0.4 is 10.6 Å². The second kappa shape index (κ2) is 12.4. The van der Waals surface area contributed by atoms with E-state index in [2.05, 4.69) is 17.6 Å². The van der Waals surface area contributed by atoms with Gasteiger partial charge in [-0.05, 0) is 44.5 Å². The highest BCUT2D eigenvalue weighted by Crippen LogP contribution is 2.04. The molecule has 0 spiro atoms. The first-order chi connectivity index (χ1) is 11.6. The molecule has 0 aliphatic carbocycles. The molecule has 0 aliphatic rings. The number of ether oxygens (including phenoxy) is 2. The number of alkyl carbamates (subject to hydrolysis) is 1. The lowest BCUT2D eigenvalue weighted by Crippen LogP contribution is -2.30. The third-order valence-electron chi connectivity index (χ3n) is 3.28. The van der Waals surface area contributed by atoms with Crippen LogP contribution in [-0.2, 0) is 9.47 Å². The van der Waals surface area contributed by atoms with Crippen molar-refractivity contribution in [2.24, 2.45) is 0 Å². The van der Waals surface area contributed by atoms with E-state index in [1.807, 2.05) is 6.07 Å². The molecular formula is C18H28N2O4. The summed E-state index contributed by atoms with van der Waals surface area (Å²) in [5, 5.41) is 5.99. The second-order valence-electron chi connectivity index (χ2n) is 5.48. The van der Waals surface area contributed by atoms with E-state index in [4.69, 9.17) is 9.47 Å². The number of amides is 1. The van der Waals surface area contributed by atoms with Gasteiger partial charge >= 0.3 is 12.1 Å². The van der Waals surface area contributed by atoms with Gasteiger partial charge in [0, 0.05) is 13.5 Å². The first-order valence-corrected chi connectivity index (χ1v) is 8.54. The first-order valence-electron chi connectivity index (χ1n) is 8.54. The van der Waals surface area contributed by atoms with Gasteiger partial charge in [-0.2, -0.15) is 0 Å². The lowest BCUT2D eigenvalue weighted by atomic mass is 10.2. The molecule has 0 heterocycles. The number of hydrogen-bond donors (Lipinski definition) is 2. The summed E-state index contributed by atoms with van der Waals surface area (Å²) in [7, 11) is 0. The number of esters is 1. The summed E-state index contributed by atoms with van der Waals surface area (Å²) in [4.78, 5) is 23.4. The molecule has 0 radical (unpaired) electrons. The molecule has 1 atom stereocenters. The van der Waals surface area contributed by atoms with Crippen molar-refractivity contribution in [2.75, 3.05) is 19.6 Å². The molecule has 0 saturated carbocycles. The Morgan fingerprint density at radius 3 is 2.42 bits per heavy atom. The third kappa shape index (κ3) is 9.15. The minimum absolute atomic E-state index is 0.421. The van der Waals surface area contributed by atoms with E-state index in [-0.39, 0.29) is 0 Å². The van der Waals surface area contributed by atoms with Crippen molar-refractivity contribution in [3.63, 3.8) is 0 Å². The van der Waals surface area contributed by atoms with Crippen LogP contribution in [0.4, 0.5) is 4.79 Å². The molecule has 1 aromatic carbocycles. The highest BCUT2D eigenvalue weighted by molar-refractivity contribution is 5.89. The zero-order chi connectivity index (χ0) is 17.6. The van der Waals surface area contributed by atoms with Gasteiger partial charge in [0.05, 0.1) is 5.56 Å². The number of carbonyl (C=O) groups is 2. The van der Waals surface area contributed by atoms with E-state index in [0.717, 1.165) is 38.8 Å². The predicted molar refractivity (Wildman–Crippen MR) is 92.8 cm³/mol. The first kappa shape index (κ1) is 20.0. The van der Waals surface area contributed by atoms with Crippen LogP contribution in [-0.4, -0.2) is 38.0 Å². The second-order valence-corrected chi connectivity index (χ2v) is 5.48. The van der Waals surface area contributed by atoms with Crippen LogP contribution in [0.2, 0.25) is 0 Å². The fourth-order valence-electron chi connectivity index (χ4n) is 2.05. The van der Waals surface area contributed by atoms with E-state index in [1.54, 1.807) is 24.3 Å². The summed E-state index contributed by atoms with van der Waals surface area (Å²) in [5.74, 6) is -0.518. The number of hydrogen-bond acceptors (Lipinski definition) is 5. The van der Waals surface area contributed by atoms with E-state index in [1.165, 1.54) is 6.92 Å². The average Bonchev–Trinajstić information content (AvgIpc) is 2.58. The smallest absolute Gasteiger partial charge is 0.410 e. The molecule has 0 saturated heterocycles. The fraction of sp³-hybridized carbons (Fsp3) is 0.556. The summed E-state index contributed by atoms with van der Waals surface area (Å²) in [6, 6.07) is 8.58. The number of nitrogens with one attached hydrogen (secondary N) is 2. The Morgan fingerprint density at radius 2 is 1.71 bits per heavy atom. The summed E-state index contributed by atoms with van der Waals surface area (Å²) in [5.41, 5.74) is 0.421. The van der Waals surface area contributed by atoms with Crippen molar-refractivity contribution in [3.8, 4) is 0 Å². The molecule has 0 aliphatic heterocycles. The van der Waals surface area contributed by atoms with Crippen LogP contribution >= 0.6 is 0 Å². The van der Waals surface area contributed by atoms with Gasteiger partial charge in [0.1, 0.15) is 0 Å². The number of rotatable bonds is 11. The van der Waals surface area contributed by atoms with Gasteiger partial charge in [-0.15, -0.1) is 0 Å². The molecule has 1 amide bonds. The summed E-state index contributed by atoms with van der Waals surface area (Å²) in [6.45, 7) is 6.25. The van der Waals surface area contributed by atoms with Crippen LogP contribution in [0.5, 0.6) is 0 Å². The van der Waals surface area contributed by atoms with Gasteiger partial charge in [0.15, 0.2) is 0 Å². The van der Waals surface area contributed by atoms with Gasteiger partial charge in [0.25, 0.3) is 0 Å². The minimum atomic E-state index is -0.934. The third-order valence-corrected chi connectivity index (χ3v) is 3.28. The van der Waals surface area contributed by atoms with Crippen LogP contribution in [0.15, 0.2) is 30.3 Å². The van der Waals surface area contributed by atoms with Gasteiger partial charge in [0.2, 0.25) is 6.29 Å². The lowest BCUT2D eigenvalue weighted by molar-refractivity contribution is -0.0600. The Morgan fingerprint density at radius 1 is 1.00 bits per heavy atom. The topological polar surface area (TPSA) is 76.7 Å². The summed E-state index contributed by atoms with van der Waals surface area (Å²) >= 11 is 0. The highest BCUT2D eigenvalue weighted by Gasteiger charge is 2.14. The van der Waals surface area contributed by atoms with Crippen molar-refractivity contribution < 1.29 is 19.1 Å². The maximum Gasteiger partial charge on any atom is 0.410 e. The molecule has 24 heavy (non-hydrogen) atoms. The van der Waals surface area contributed by atoms with Gasteiger partial charge in [-0.25, -0.2) is 9.59 Å². The van der Waals surface area contributed by atoms with Gasteiger partial charge in [-0.1, -0.05) is 31.5 Å². The Balaban J connectivity index is 2.08. The van der Waals surface area contributed by atoms with Crippen molar-refractivity contribution in [1.29, 1.82) is 0 Å². The monoisotopic (exact) mass is 336 g/mol. The fourth-order valence-corrected chi connectivity index (χ4v) is 2.05. The molecular weight excluding hydrogens is 308 g/mol. The number of carbonyl (C=O) groups excluding carboxylic acids is 2. The molecule has 0 fully saturated rings. The molecule has 6 heteroatoms. The molecule has 1 rings (SSSR count). The summed E-state index contributed by atoms with van der Waals surface area (Å²) in [6.07, 6.45) is 2.64. The minimum Gasteiger partial charge on any atom is -0.422 e. The molecule has 6 nitrogen and oxygen atoms in total. The zero-order valence-corrected chi connectivity index (χ0v) is 14.5. The molecule has 134 valence electrons. The van der Waals surface area contributed by atoms with E-state index in [9.17, 15) is 9.59 Å². The quantitative estimate of drug-likeness (QED) is 0.369. The number of unbranched alkanes of at least 4 members (excludes halogenated alkanes) is 2. The van der Waals surface area contributed by atoms with Crippen molar-refractivity contribution in [2.45, 2.75) is 45.8 Å². The maximum absolute atomic E-state index is 11.8. The largest absolute Gasteiger partial charge is 0.422 e. The van der Waals surface area contributed by atoms with E-state index in [0.29, 0.717) is 12.1 Å². The molecule has 1 aromatic rings. The molecule has 0 aromatic heterocycles.